The minimum absolute atomic E-state index is 0.107. The highest BCUT2D eigenvalue weighted by atomic mass is 79.9. The molecule has 1 aromatic carbocycles. The Morgan fingerprint density at radius 1 is 1.33 bits per heavy atom. The van der Waals surface area contributed by atoms with Gasteiger partial charge in [-0.15, -0.1) is 0 Å². The summed E-state index contributed by atoms with van der Waals surface area (Å²) in [5.41, 5.74) is 0.573. The first kappa shape index (κ1) is 15.2. The molecule has 0 aliphatic rings. The summed E-state index contributed by atoms with van der Waals surface area (Å²) in [6.07, 6.45) is -0.107. The van der Waals surface area contributed by atoms with Crippen LogP contribution in [0.4, 0.5) is 0 Å². The summed E-state index contributed by atoms with van der Waals surface area (Å²) in [7, 11) is 0. The molecule has 0 amide bonds. The summed E-state index contributed by atoms with van der Waals surface area (Å²) in [5.74, 6) is -0.276. The van der Waals surface area contributed by atoms with Gasteiger partial charge in [0.1, 0.15) is 6.10 Å². The van der Waals surface area contributed by atoms with Gasteiger partial charge in [0.2, 0.25) is 0 Å². The van der Waals surface area contributed by atoms with E-state index in [1.807, 2.05) is 25.1 Å². The van der Waals surface area contributed by atoms with E-state index in [0.717, 1.165) is 24.1 Å². The number of carbonyl (C=O) groups excluding carboxylic acids is 1. The van der Waals surface area contributed by atoms with Crippen LogP contribution in [0.5, 0.6) is 0 Å². The maximum atomic E-state index is 12.0. The fraction of sp³-hybridized carbons (Fsp3) is 0.500. The van der Waals surface area contributed by atoms with Crippen LogP contribution in [0.25, 0.3) is 0 Å². The van der Waals surface area contributed by atoms with Crippen molar-refractivity contribution in [1.29, 1.82) is 0 Å². The average Bonchev–Trinajstić information content (AvgIpc) is 2.36. The largest absolute Gasteiger partial charge is 0.458 e. The van der Waals surface area contributed by atoms with E-state index < -0.39 is 0 Å². The maximum Gasteiger partial charge on any atom is 0.339 e. The van der Waals surface area contributed by atoms with Gasteiger partial charge in [-0.05, 0) is 48.1 Å². The molecular formula is C14H20BrNO2. The van der Waals surface area contributed by atoms with Crippen LogP contribution in [0.2, 0.25) is 0 Å². The highest BCUT2D eigenvalue weighted by Crippen LogP contribution is 2.17. The first-order valence-corrected chi connectivity index (χ1v) is 7.05. The van der Waals surface area contributed by atoms with Crippen molar-refractivity contribution in [2.75, 3.05) is 19.6 Å². The smallest absolute Gasteiger partial charge is 0.339 e. The molecule has 0 saturated heterocycles. The first-order chi connectivity index (χ1) is 8.58. The van der Waals surface area contributed by atoms with Crippen LogP contribution in [0, 0.1) is 0 Å². The van der Waals surface area contributed by atoms with Crippen molar-refractivity contribution in [3.05, 3.63) is 34.3 Å². The maximum absolute atomic E-state index is 12.0. The number of nitrogens with zero attached hydrogens (tertiary/aromatic N) is 1. The molecule has 0 aromatic heterocycles. The fourth-order valence-electron chi connectivity index (χ4n) is 1.76. The van der Waals surface area contributed by atoms with Gasteiger partial charge >= 0.3 is 5.97 Å². The quantitative estimate of drug-likeness (QED) is 0.754. The van der Waals surface area contributed by atoms with Gasteiger partial charge in [-0.1, -0.05) is 26.0 Å². The van der Waals surface area contributed by atoms with Crippen LogP contribution < -0.4 is 0 Å². The second-order valence-electron chi connectivity index (χ2n) is 4.18. The summed E-state index contributed by atoms with van der Waals surface area (Å²) in [6.45, 7) is 8.83. The zero-order valence-corrected chi connectivity index (χ0v) is 12.7. The van der Waals surface area contributed by atoms with Crippen LogP contribution in [-0.4, -0.2) is 36.6 Å². The second-order valence-corrected chi connectivity index (χ2v) is 5.04. The number of halogens is 1. The van der Waals surface area contributed by atoms with Crippen molar-refractivity contribution >= 4 is 21.9 Å². The van der Waals surface area contributed by atoms with Crippen LogP contribution in [0.15, 0.2) is 28.7 Å². The monoisotopic (exact) mass is 313 g/mol. The molecular weight excluding hydrogens is 294 g/mol. The molecule has 0 N–H and O–H groups in total. The number of likely N-dealkylation sites (N-methyl/N-ethyl adjacent to an activating group) is 1. The Kier molecular flexibility index (Phi) is 6.36. The normalized spacial score (nSPS) is 12.5. The lowest BCUT2D eigenvalue weighted by molar-refractivity contribution is 0.0259. The summed E-state index contributed by atoms with van der Waals surface area (Å²) < 4.78 is 6.21. The summed E-state index contributed by atoms with van der Waals surface area (Å²) in [5, 5.41) is 0. The summed E-state index contributed by atoms with van der Waals surface area (Å²) in [4.78, 5) is 14.2. The fourth-order valence-corrected chi connectivity index (χ4v) is 2.20. The van der Waals surface area contributed by atoms with Gasteiger partial charge in [-0.3, -0.25) is 0 Å². The molecule has 0 aliphatic heterocycles. The summed E-state index contributed by atoms with van der Waals surface area (Å²) in [6, 6.07) is 7.30. The Morgan fingerprint density at radius 3 is 2.50 bits per heavy atom. The van der Waals surface area contributed by atoms with Gasteiger partial charge in [0.25, 0.3) is 0 Å². The summed E-state index contributed by atoms with van der Waals surface area (Å²) >= 11 is 3.35. The third-order valence-electron chi connectivity index (χ3n) is 2.81. The molecule has 0 spiro atoms. The molecule has 0 aliphatic carbocycles. The van der Waals surface area contributed by atoms with Crippen LogP contribution >= 0.6 is 15.9 Å². The molecule has 0 radical (unpaired) electrons. The number of rotatable bonds is 6. The second kappa shape index (κ2) is 7.54. The van der Waals surface area contributed by atoms with E-state index in [2.05, 4.69) is 34.7 Å². The molecule has 4 heteroatoms. The Balaban J connectivity index is 2.57. The molecule has 0 bridgehead atoms. The number of ether oxygens (including phenoxy) is 1. The number of esters is 1. The Morgan fingerprint density at radius 2 is 1.94 bits per heavy atom. The molecule has 1 rings (SSSR count). The SMILES string of the molecule is CCN(CC)C[C@H](C)OC(=O)c1ccccc1Br. The van der Waals surface area contributed by atoms with Crippen molar-refractivity contribution in [3.63, 3.8) is 0 Å². The van der Waals surface area contributed by atoms with Crippen molar-refractivity contribution in [2.24, 2.45) is 0 Å². The Hall–Kier alpha value is -0.870. The molecule has 1 aromatic rings. The van der Waals surface area contributed by atoms with Gasteiger partial charge in [0.05, 0.1) is 5.56 Å². The van der Waals surface area contributed by atoms with Gasteiger partial charge in [-0.25, -0.2) is 4.79 Å². The van der Waals surface area contributed by atoms with E-state index in [1.165, 1.54) is 0 Å². The molecule has 0 saturated carbocycles. The van der Waals surface area contributed by atoms with Gasteiger partial charge in [-0.2, -0.15) is 0 Å². The Labute approximate surface area is 117 Å². The van der Waals surface area contributed by atoms with Crippen LogP contribution in [-0.2, 0) is 4.74 Å². The van der Waals surface area contributed by atoms with E-state index in [1.54, 1.807) is 6.07 Å². The lowest BCUT2D eigenvalue weighted by Gasteiger charge is -2.22. The number of benzene rings is 1. The lowest BCUT2D eigenvalue weighted by Crippen LogP contribution is -2.33. The van der Waals surface area contributed by atoms with E-state index in [9.17, 15) is 4.79 Å². The highest BCUT2D eigenvalue weighted by Gasteiger charge is 2.15. The predicted molar refractivity (Wildman–Crippen MR) is 76.8 cm³/mol. The predicted octanol–water partition coefficient (Wildman–Crippen LogP) is 3.34. The molecule has 3 nitrogen and oxygen atoms in total. The minimum Gasteiger partial charge on any atom is -0.458 e. The zero-order chi connectivity index (χ0) is 13.5. The Bertz CT molecular complexity index is 391. The average molecular weight is 314 g/mol. The van der Waals surface area contributed by atoms with Crippen molar-refractivity contribution in [1.82, 2.24) is 4.90 Å². The van der Waals surface area contributed by atoms with Crippen molar-refractivity contribution in [3.8, 4) is 0 Å². The highest BCUT2D eigenvalue weighted by molar-refractivity contribution is 9.10. The molecule has 0 heterocycles. The van der Waals surface area contributed by atoms with Gasteiger partial charge < -0.3 is 9.64 Å². The molecule has 100 valence electrons. The van der Waals surface area contributed by atoms with Gasteiger partial charge in [0.15, 0.2) is 0 Å². The third-order valence-corrected chi connectivity index (χ3v) is 3.50. The molecule has 18 heavy (non-hydrogen) atoms. The van der Waals surface area contributed by atoms with E-state index in [0.29, 0.717) is 5.56 Å². The topological polar surface area (TPSA) is 29.5 Å². The third kappa shape index (κ3) is 4.42. The minimum atomic E-state index is -0.276. The number of hydrogen-bond acceptors (Lipinski definition) is 3. The van der Waals surface area contributed by atoms with E-state index in [4.69, 9.17) is 4.74 Å². The van der Waals surface area contributed by atoms with E-state index in [-0.39, 0.29) is 12.1 Å². The van der Waals surface area contributed by atoms with Crippen molar-refractivity contribution in [2.45, 2.75) is 26.9 Å². The van der Waals surface area contributed by atoms with Crippen LogP contribution in [0.3, 0.4) is 0 Å². The molecule has 1 atom stereocenters. The van der Waals surface area contributed by atoms with Gasteiger partial charge in [0, 0.05) is 11.0 Å². The van der Waals surface area contributed by atoms with Crippen LogP contribution in [0.1, 0.15) is 31.1 Å². The molecule has 0 unspecified atom stereocenters. The lowest BCUT2D eigenvalue weighted by atomic mass is 10.2. The first-order valence-electron chi connectivity index (χ1n) is 6.26. The van der Waals surface area contributed by atoms with Crippen molar-refractivity contribution < 1.29 is 9.53 Å². The number of hydrogen-bond donors (Lipinski definition) is 0. The van der Waals surface area contributed by atoms with E-state index >= 15 is 0 Å². The number of carbonyl (C=O) groups is 1. The molecule has 0 fully saturated rings. The standard InChI is InChI=1S/C14H20BrNO2/c1-4-16(5-2)10-11(3)18-14(17)12-8-6-7-9-13(12)15/h6-9,11H,4-5,10H2,1-3H3/t11-/m0/s1. The zero-order valence-electron chi connectivity index (χ0n) is 11.1.